The van der Waals surface area contributed by atoms with Gasteiger partial charge in [-0.3, -0.25) is 19.0 Å². The summed E-state index contributed by atoms with van der Waals surface area (Å²) in [6.07, 6.45) is 0.955. The van der Waals surface area contributed by atoms with E-state index in [2.05, 4.69) is 0 Å². The van der Waals surface area contributed by atoms with Crippen molar-refractivity contribution in [3.63, 3.8) is 0 Å². The first-order valence-corrected chi connectivity index (χ1v) is 8.78. The zero-order chi connectivity index (χ0) is 19.2. The molecule has 1 aromatic carbocycles. The number of ketones is 1. The summed E-state index contributed by atoms with van der Waals surface area (Å²) in [4.78, 5) is 39.7. The Morgan fingerprint density at radius 3 is 2.31 bits per heavy atom. The summed E-state index contributed by atoms with van der Waals surface area (Å²) in [5, 5.41) is 0.549. The van der Waals surface area contributed by atoms with E-state index in [4.69, 9.17) is 11.6 Å². The van der Waals surface area contributed by atoms with Crippen molar-refractivity contribution in [2.24, 2.45) is 5.41 Å². The Balaban J connectivity index is 2.36. The van der Waals surface area contributed by atoms with E-state index in [-0.39, 0.29) is 16.8 Å². The number of hydrogen-bond acceptors (Lipinski definition) is 3. The second kappa shape index (κ2) is 6.40. The van der Waals surface area contributed by atoms with Crippen LogP contribution in [-0.4, -0.2) is 35.3 Å². The zero-order valence-electron chi connectivity index (χ0n) is 15.3. The maximum Gasteiger partial charge on any atom is 0.268 e. The van der Waals surface area contributed by atoms with Crippen molar-refractivity contribution < 1.29 is 9.59 Å². The van der Waals surface area contributed by atoms with Gasteiger partial charge in [0.2, 0.25) is 0 Å². The minimum absolute atomic E-state index is 0.00300. The monoisotopic (exact) mass is 372 g/mol. The van der Waals surface area contributed by atoms with Crippen molar-refractivity contribution in [3.05, 3.63) is 62.5 Å². The Hall–Kier alpha value is -2.40. The van der Waals surface area contributed by atoms with E-state index in [0.29, 0.717) is 34.8 Å². The third-order valence-corrected chi connectivity index (χ3v) is 4.86. The average Bonchev–Trinajstić information content (AvgIpc) is 2.54. The fourth-order valence-electron chi connectivity index (χ4n) is 3.37. The molecule has 3 rings (SSSR count). The maximum atomic E-state index is 13.2. The van der Waals surface area contributed by atoms with E-state index in [9.17, 15) is 14.4 Å². The number of hydrogen-bond donors (Lipinski definition) is 0. The molecule has 0 radical (unpaired) electrons. The number of carbonyl (C=O) groups is 2. The number of rotatable bonds is 2. The van der Waals surface area contributed by atoms with Gasteiger partial charge in [0, 0.05) is 42.5 Å². The highest BCUT2D eigenvalue weighted by molar-refractivity contribution is 6.30. The van der Waals surface area contributed by atoms with Gasteiger partial charge >= 0.3 is 0 Å². The summed E-state index contributed by atoms with van der Waals surface area (Å²) in [5.74, 6) is -0.468. The fraction of sp³-hybridized carbons (Fsp3) is 0.350. The van der Waals surface area contributed by atoms with Gasteiger partial charge in [-0.15, -0.1) is 0 Å². The summed E-state index contributed by atoms with van der Waals surface area (Å²) in [6, 6.07) is 8.28. The van der Waals surface area contributed by atoms with Gasteiger partial charge in [-0.25, -0.2) is 0 Å². The largest absolute Gasteiger partial charge is 0.345 e. The quantitative estimate of drug-likeness (QED) is 0.812. The van der Waals surface area contributed by atoms with Crippen molar-refractivity contribution in [2.75, 3.05) is 14.1 Å². The standard InChI is InChI=1S/C20H21ClN2O3/c1-20(2)10-16-14(17(24)11-20)9-15(18(25)22(3)4)19(26)23(16)13-7-5-12(21)6-8-13/h5-9H,10-11H2,1-4H3. The molecular formula is C20H21ClN2O3. The van der Waals surface area contributed by atoms with E-state index in [1.165, 1.54) is 15.5 Å². The van der Waals surface area contributed by atoms with Gasteiger partial charge < -0.3 is 4.90 Å². The van der Waals surface area contributed by atoms with Gasteiger partial charge in [-0.2, -0.15) is 0 Å². The van der Waals surface area contributed by atoms with Crippen LogP contribution < -0.4 is 5.56 Å². The minimum Gasteiger partial charge on any atom is -0.345 e. The Kier molecular flexibility index (Phi) is 4.53. The van der Waals surface area contributed by atoms with Crippen LogP contribution in [0, 0.1) is 5.41 Å². The molecule has 26 heavy (non-hydrogen) atoms. The molecule has 0 fully saturated rings. The molecule has 5 nitrogen and oxygen atoms in total. The maximum absolute atomic E-state index is 13.2. The average molecular weight is 373 g/mol. The molecule has 0 N–H and O–H groups in total. The molecule has 0 unspecified atom stereocenters. The summed E-state index contributed by atoms with van der Waals surface area (Å²) in [6.45, 7) is 4.01. The Morgan fingerprint density at radius 2 is 1.73 bits per heavy atom. The molecule has 2 aromatic rings. The molecule has 0 saturated carbocycles. The molecule has 1 aliphatic rings. The third kappa shape index (κ3) is 3.19. The molecule has 0 aliphatic heterocycles. The molecule has 1 aliphatic carbocycles. The predicted octanol–water partition coefficient (Wildman–Crippen LogP) is 3.35. The summed E-state index contributed by atoms with van der Waals surface area (Å²) >= 11 is 5.97. The number of pyridine rings is 1. The van der Waals surface area contributed by atoms with Crippen LogP contribution >= 0.6 is 11.6 Å². The molecular weight excluding hydrogens is 352 g/mol. The second-order valence-electron chi connectivity index (χ2n) is 7.68. The van der Waals surface area contributed by atoms with Gasteiger partial charge in [-0.05, 0) is 42.2 Å². The van der Waals surface area contributed by atoms with E-state index >= 15 is 0 Å². The van der Waals surface area contributed by atoms with E-state index in [1.54, 1.807) is 38.4 Å². The first kappa shape index (κ1) is 18.4. The Labute approximate surface area is 157 Å². The van der Waals surface area contributed by atoms with Gasteiger partial charge in [-0.1, -0.05) is 25.4 Å². The van der Waals surface area contributed by atoms with Crippen molar-refractivity contribution in [2.45, 2.75) is 26.7 Å². The summed E-state index contributed by atoms with van der Waals surface area (Å²) in [7, 11) is 3.16. The van der Waals surface area contributed by atoms with Crippen LogP contribution in [0.2, 0.25) is 5.02 Å². The number of halogens is 1. The number of amides is 1. The van der Waals surface area contributed by atoms with Gasteiger partial charge in [0.05, 0.1) is 0 Å². The van der Waals surface area contributed by atoms with Crippen LogP contribution in [0.3, 0.4) is 0 Å². The van der Waals surface area contributed by atoms with Crippen molar-refractivity contribution in [1.29, 1.82) is 0 Å². The van der Waals surface area contributed by atoms with Crippen LogP contribution in [0.25, 0.3) is 5.69 Å². The minimum atomic E-state index is -0.421. The van der Waals surface area contributed by atoms with E-state index < -0.39 is 11.5 Å². The highest BCUT2D eigenvalue weighted by Gasteiger charge is 2.35. The lowest BCUT2D eigenvalue weighted by Crippen LogP contribution is -2.38. The Bertz CT molecular complexity index is 956. The van der Waals surface area contributed by atoms with Crippen molar-refractivity contribution in [1.82, 2.24) is 9.47 Å². The van der Waals surface area contributed by atoms with E-state index in [1.807, 2.05) is 13.8 Å². The molecule has 0 saturated heterocycles. The van der Waals surface area contributed by atoms with E-state index in [0.717, 1.165) is 0 Å². The highest BCUT2D eigenvalue weighted by atomic mass is 35.5. The number of Topliss-reactive ketones (excluding diaryl/α,β-unsaturated/α-hetero) is 1. The predicted molar refractivity (Wildman–Crippen MR) is 101 cm³/mol. The van der Waals surface area contributed by atoms with Crippen molar-refractivity contribution >= 4 is 23.3 Å². The van der Waals surface area contributed by atoms with Crippen molar-refractivity contribution in [3.8, 4) is 5.69 Å². The van der Waals surface area contributed by atoms with Gasteiger partial charge in [0.15, 0.2) is 5.78 Å². The van der Waals surface area contributed by atoms with Crippen LogP contribution in [0.1, 0.15) is 46.7 Å². The first-order chi connectivity index (χ1) is 12.1. The summed E-state index contributed by atoms with van der Waals surface area (Å²) in [5.41, 5.74) is 1.01. The molecule has 1 heterocycles. The van der Waals surface area contributed by atoms with Gasteiger partial charge in [0.25, 0.3) is 11.5 Å². The lowest BCUT2D eigenvalue weighted by Gasteiger charge is -2.32. The highest BCUT2D eigenvalue weighted by Crippen LogP contribution is 2.35. The van der Waals surface area contributed by atoms with Crippen LogP contribution in [0.15, 0.2) is 35.1 Å². The van der Waals surface area contributed by atoms with Crippen LogP contribution in [0.4, 0.5) is 0 Å². The lowest BCUT2D eigenvalue weighted by atomic mass is 9.75. The smallest absolute Gasteiger partial charge is 0.268 e. The molecule has 0 spiro atoms. The molecule has 6 heteroatoms. The topological polar surface area (TPSA) is 59.4 Å². The fourth-order valence-corrected chi connectivity index (χ4v) is 3.50. The van der Waals surface area contributed by atoms with Crippen LogP contribution in [0.5, 0.6) is 0 Å². The van der Waals surface area contributed by atoms with Gasteiger partial charge in [0.1, 0.15) is 5.56 Å². The number of carbonyl (C=O) groups excluding carboxylic acids is 2. The molecule has 1 aromatic heterocycles. The normalized spacial score (nSPS) is 15.5. The third-order valence-electron chi connectivity index (χ3n) is 4.61. The molecule has 0 atom stereocenters. The lowest BCUT2D eigenvalue weighted by molar-refractivity contribution is 0.0825. The summed E-state index contributed by atoms with van der Waals surface area (Å²) < 4.78 is 1.49. The molecule has 1 amide bonds. The molecule has 0 bridgehead atoms. The Morgan fingerprint density at radius 1 is 1.12 bits per heavy atom. The number of benzene rings is 1. The number of nitrogens with zero attached hydrogens (tertiary/aromatic N) is 2. The molecule has 136 valence electrons. The SMILES string of the molecule is CN(C)C(=O)c1cc2c(n(-c3ccc(Cl)cc3)c1=O)CC(C)(C)CC2=O. The first-order valence-electron chi connectivity index (χ1n) is 8.40. The zero-order valence-corrected chi connectivity index (χ0v) is 16.1. The number of aromatic nitrogens is 1. The second-order valence-corrected chi connectivity index (χ2v) is 8.11. The number of fused-ring (bicyclic) bond motifs is 1. The van der Waals surface area contributed by atoms with Crippen LogP contribution in [-0.2, 0) is 6.42 Å².